The molecule has 11 heteroatoms. The molecule has 0 spiro atoms. The molecule has 1 fully saturated rings. The Labute approximate surface area is 260 Å². The summed E-state index contributed by atoms with van der Waals surface area (Å²) in [4.78, 5) is 30.4. The summed E-state index contributed by atoms with van der Waals surface area (Å²) in [6.07, 6.45) is 2.15. The Morgan fingerprint density at radius 2 is 1.82 bits per heavy atom. The third kappa shape index (κ3) is 11.9. The van der Waals surface area contributed by atoms with Crippen LogP contribution in [-0.4, -0.2) is 91.0 Å². The lowest BCUT2D eigenvalue weighted by molar-refractivity contribution is -0.142. The van der Waals surface area contributed by atoms with Gasteiger partial charge in [-0.1, -0.05) is 26.2 Å². The van der Waals surface area contributed by atoms with Gasteiger partial charge in [0.05, 0.1) is 36.8 Å². The van der Waals surface area contributed by atoms with Crippen molar-refractivity contribution in [2.75, 3.05) is 45.2 Å². The third-order valence-electron chi connectivity index (χ3n) is 8.76. The zero-order valence-corrected chi connectivity index (χ0v) is 26.8. The molecule has 1 aromatic rings. The second kappa shape index (κ2) is 17.4. The van der Waals surface area contributed by atoms with E-state index in [0.717, 1.165) is 32.4 Å². The fourth-order valence-electron chi connectivity index (χ4n) is 6.13. The molecule has 1 aliphatic carbocycles. The van der Waals surface area contributed by atoms with Crippen LogP contribution in [0.4, 0.5) is 18.9 Å². The van der Waals surface area contributed by atoms with Crippen molar-refractivity contribution in [2.24, 2.45) is 11.8 Å². The first-order chi connectivity index (χ1) is 20.9. The molecule has 3 rings (SSSR count). The summed E-state index contributed by atoms with van der Waals surface area (Å²) >= 11 is 0. The Morgan fingerprint density at radius 3 is 2.50 bits per heavy atom. The second-order valence-corrected chi connectivity index (χ2v) is 12.9. The van der Waals surface area contributed by atoms with E-state index in [0.29, 0.717) is 24.8 Å². The van der Waals surface area contributed by atoms with Gasteiger partial charge in [0.1, 0.15) is 5.75 Å². The van der Waals surface area contributed by atoms with Crippen LogP contribution in [0.25, 0.3) is 0 Å². The molecule has 0 radical (unpaired) electrons. The second-order valence-electron chi connectivity index (χ2n) is 12.9. The number of benzene rings is 1. The van der Waals surface area contributed by atoms with Gasteiger partial charge in [-0.05, 0) is 77.1 Å². The van der Waals surface area contributed by atoms with E-state index >= 15 is 0 Å². The standard InChI is InChI=1S/C33H52F3N3O5/c1-23-19-39(24(2)22-40)32(42)28-18-27(37-31(41)15-16-33(34,35)36)13-14-29(28)44-25(3)10-8-9-17-43-30(23)21-38(4)20-26-11-6-5-7-12-26/h13-14,18,23-26,30,40H,5-12,15-17,19-22H2,1-4H3,(H,37,41)/t23-,24+,25-,30-/m0/s1. The van der Waals surface area contributed by atoms with Crippen molar-refractivity contribution in [1.82, 2.24) is 9.80 Å². The van der Waals surface area contributed by atoms with E-state index in [1.54, 1.807) is 17.9 Å². The number of fused-ring (bicyclic) bond motifs is 1. The normalized spacial score (nSPS) is 23.9. The van der Waals surface area contributed by atoms with Crippen molar-refractivity contribution < 1.29 is 37.3 Å². The highest BCUT2D eigenvalue weighted by Crippen LogP contribution is 2.30. The Balaban J connectivity index is 1.86. The van der Waals surface area contributed by atoms with E-state index < -0.39 is 36.9 Å². The summed E-state index contributed by atoms with van der Waals surface area (Å²) in [6, 6.07) is 4.04. The molecule has 1 aliphatic heterocycles. The fourth-order valence-corrected chi connectivity index (χ4v) is 6.13. The summed E-state index contributed by atoms with van der Waals surface area (Å²) < 4.78 is 50.6. The lowest BCUT2D eigenvalue weighted by Crippen LogP contribution is -2.47. The maximum atomic E-state index is 14.2. The molecule has 0 saturated heterocycles. The number of rotatable bonds is 9. The highest BCUT2D eigenvalue weighted by Gasteiger charge is 2.31. The van der Waals surface area contributed by atoms with Crippen LogP contribution in [0.5, 0.6) is 5.75 Å². The lowest BCUT2D eigenvalue weighted by atomic mass is 9.89. The molecule has 0 unspecified atom stereocenters. The van der Waals surface area contributed by atoms with Crippen molar-refractivity contribution in [3.8, 4) is 5.75 Å². The number of aliphatic hydroxyl groups is 1. The van der Waals surface area contributed by atoms with Gasteiger partial charge in [0.2, 0.25) is 5.91 Å². The molecule has 1 saturated carbocycles. The molecule has 250 valence electrons. The first kappa shape index (κ1) is 36.1. The van der Waals surface area contributed by atoms with E-state index in [1.165, 1.54) is 44.2 Å². The van der Waals surface area contributed by atoms with Crippen LogP contribution in [0.2, 0.25) is 0 Å². The van der Waals surface area contributed by atoms with Gasteiger partial charge in [-0.15, -0.1) is 0 Å². The van der Waals surface area contributed by atoms with Crippen molar-refractivity contribution in [1.29, 1.82) is 0 Å². The van der Waals surface area contributed by atoms with Gasteiger partial charge in [-0.3, -0.25) is 9.59 Å². The number of ether oxygens (including phenoxy) is 2. The van der Waals surface area contributed by atoms with Gasteiger partial charge >= 0.3 is 6.18 Å². The Kier molecular flexibility index (Phi) is 14.2. The molecule has 2 N–H and O–H groups in total. The molecule has 1 aromatic carbocycles. The first-order valence-corrected chi connectivity index (χ1v) is 16.3. The highest BCUT2D eigenvalue weighted by atomic mass is 19.4. The van der Waals surface area contributed by atoms with E-state index in [4.69, 9.17) is 9.47 Å². The summed E-state index contributed by atoms with van der Waals surface area (Å²) in [5, 5.41) is 12.6. The topological polar surface area (TPSA) is 91.3 Å². The van der Waals surface area contributed by atoms with Gasteiger partial charge in [-0.2, -0.15) is 13.2 Å². The van der Waals surface area contributed by atoms with Crippen LogP contribution >= 0.6 is 0 Å². The Bertz CT molecular complexity index is 1050. The molecule has 8 nitrogen and oxygen atoms in total. The van der Waals surface area contributed by atoms with Crippen molar-refractivity contribution in [3.63, 3.8) is 0 Å². The summed E-state index contributed by atoms with van der Waals surface area (Å²) in [6.45, 7) is 8.17. The molecule has 1 heterocycles. The molecular formula is C33H52F3N3O5. The number of anilines is 1. The number of halogens is 3. The average Bonchev–Trinajstić information content (AvgIpc) is 2.97. The maximum Gasteiger partial charge on any atom is 0.389 e. The number of hydrogen-bond donors (Lipinski definition) is 2. The monoisotopic (exact) mass is 627 g/mol. The Morgan fingerprint density at radius 1 is 1.11 bits per heavy atom. The predicted octanol–water partition coefficient (Wildman–Crippen LogP) is 6.28. The van der Waals surface area contributed by atoms with Crippen molar-refractivity contribution in [3.05, 3.63) is 23.8 Å². The van der Waals surface area contributed by atoms with E-state index in [-0.39, 0.29) is 36.0 Å². The van der Waals surface area contributed by atoms with Crippen LogP contribution in [0.15, 0.2) is 18.2 Å². The van der Waals surface area contributed by atoms with Gasteiger partial charge in [0.15, 0.2) is 0 Å². The largest absolute Gasteiger partial charge is 0.490 e. The number of alkyl halides is 3. The number of hydrogen-bond acceptors (Lipinski definition) is 6. The van der Waals surface area contributed by atoms with Crippen LogP contribution < -0.4 is 10.1 Å². The Hall–Kier alpha value is -2.37. The van der Waals surface area contributed by atoms with E-state index in [1.807, 2.05) is 6.92 Å². The maximum absolute atomic E-state index is 14.2. The van der Waals surface area contributed by atoms with Crippen molar-refractivity contribution in [2.45, 2.75) is 109 Å². The molecular weight excluding hydrogens is 575 g/mol. The minimum Gasteiger partial charge on any atom is -0.490 e. The highest BCUT2D eigenvalue weighted by molar-refractivity contribution is 5.99. The van der Waals surface area contributed by atoms with Crippen LogP contribution in [0.1, 0.15) is 95.3 Å². The predicted molar refractivity (Wildman–Crippen MR) is 165 cm³/mol. The molecule has 0 bridgehead atoms. The van der Waals surface area contributed by atoms with Crippen LogP contribution in [0, 0.1) is 11.8 Å². The number of nitrogens with zero attached hydrogens (tertiary/aromatic N) is 2. The van der Waals surface area contributed by atoms with Crippen molar-refractivity contribution >= 4 is 17.5 Å². The van der Waals surface area contributed by atoms with Gasteiger partial charge < -0.3 is 29.7 Å². The number of amides is 2. The van der Waals surface area contributed by atoms with Crippen LogP contribution in [0.3, 0.4) is 0 Å². The lowest BCUT2D eigenvalue weighted by Gasteiger charge is -2.36. The molecule has 44 heavy (non-hydrogen) atoms. The number of likely N-dealkylation sites (N-methyl/N-ethyl adjacent to an activating group) is 1. The van der Waals surface area contributed by atoms with Crippen LogP contribution in [-0.2, 0) is 9.53 Å². The summed E-state index contributed by atoms with van der Waals surface area (Å²) in [5.41, 5.74) is 0.388. The van der Waals surface area contributed by atoms with E-state index in [9.17, 15) is 27.9 Å². The number of carbonyl (C=O) groups is 2. The first-order valence-electron chi connectivity index (χ1n) is 16.3. The molecule has 2 amide bonds. The summed E-state index contributed by atoms with van der Waals surface area (Å²) in [5.74, 6) is -0.222. The zero-order chi connectivity index (χ0) is 32.3. The SMILES string of the molecule is C[C@H](CO)N1C[C@H](C)[C@H](CN(C)CC2CCCCC2)OCCCC[C@H](C)Oc2ccc(NC(=O)CCC(F)(F)F)cc2C1=O. The third-order valence-corrected chi connectivity index (χ3v) is 8.76. The summed E-state index contributed by atoms with van der Waals surface area (Å²) in [7, 11) is 2.13. The zero-order valence-electron chi connectivity index (χ0n) is 26.8. The van der Waals surface area contributed by atoms with Gasteiger partial charge in [0, 0.05) is 44.3 Å². The van der Waals surface area contributed by atoms with Gasteiger partial charge in [-0.25, -0.2) is 0 Å². The molecule has 0 aromatic heterocycles. The quantitative estimate of drug-likeness (QED) is 0.335. The van der Waals surface area contributed by atoms with Gasteiger partial charge in [0.25, 0.3) is 5.91 Å². The number of aliphatic hydroxyl groups excluding tert-OH is 1. The van der Waals surface area contributed by atoms with E-state index in [2.05, 4.69) is 24.2 Å². The minimum atomic E-state index is -4.45. The smallest absolute Gasteiger partial charge is 0.389 e. The number of carbonyl (C=O) groups excluding carboxylic acids is 2. The fraction of sp³-hybridized carbons (Fsp3) is 0.758. The molecule has 4 atom stereocenters. The number of nitrogens with one attached hydrogen (secondary N) is 1. The minimum absolute atomic E-state index is 0.0572. The average molecular weight is 628 g/mol. The molecule has 2 aliphatic rings.